The maximum Gasteiger partial charge on any atom is 0.0471 e. The molecule has 0 aliphatic heterocycles. The van der Waals surface area contributed by atoms with Crippen LogP contribution in [0.15, 0.2) is 18.2 Å². The first kappa shape index (κ1) is 14.2. The Morgan fingerprint density at radius 1 is 1.25 bits per heavy atom. The van der Waals surface area contributed by atoms with Gasteiger partial charge < -0.3 is 10.2 Å². The molecule has 20 heavy (non-hydrogen) atoms. The van der Waals surface area contributed by atoms with Crippen molar-refractivity contribution >= 4 is 17.3 Å². The van der Waals surface area contributed by atoms with Crippen LogP contribution in [0.2, 0.25) is 5.02 Å². The summed E-state index contributed by atoms with van der Waals surface area (Å²) in [6.45, 7) is 6.44. The summed E-state index contributed by atoms with van der Waals surface area (Å²) >= 11 is 6.47. The smallest absolute Gasteiger partial charge is 0.0471 e. The zero-order chi connectivity index (χ0) is 14.1. The molecule has 2 nitrogen and oxygen atoms in total. The molecule has 1 aromatic rings. The Bertz CT molecular complexity index is 464. The molecule has 1 N–H and O–H groups in total. The second kappa shape index (κ2) is 5.95. The fraction of sp³-hybridized carbons (Fsp3) is 0.647. The van der Waals surface area contributed by atoms with E-state index in [9.17, 15) is 0 Å². The fourth-order valence-electron chi connectivity index (χ4n) is 2.71. The molecule has 0 saturated heterocycles. The molecular weight excluding hydrogens is 268 g/mol. The first-order chi connectivity index (χ1) is 9.65. The van der Waals surface area contributed by atoms with E-state index in [4.69, 9.17) is 11.6 Å². The normalized spacial score (nSPS) is 18.6. The van der Waals surface area contributed by atoms with Crippen molar-refractivity contribution in [1.82, 2.24) is 5.32 Å². The summed E-state index contributed by atoms with van der Waals surface area (Å²) in [5.41, 5.74) is 2.63. The van der Waals surface area contributed by atoms with Crippen molar-refractivity contribution < 1.29 is 0 Å². The predicted octanol–water partition coefficient (Wildman–Crippen LogP) is 4.22. The molecular formula is C17H25ClN2. The van der Waals surface area contributed by atoms with E-state index in [1.54, 1.807) is 0 Å². The van der Waals surface area contributed by atoms with Gasteiger partial charge in [-0.15, -0.1) is 0 Å². The molecule has 2 saturated carbocycles. The van der Waals surface area contributed by atoms with E-state index in [-0.39, 0.29) is 0 Å². The minimum Gasteiger partial charge on any atom is -0.368 e. The molecule has 0 amide bonds. The number of anilines is 1. The second-order valence-corrected chi connectivity index (χ2v) is 7.01. The van der Waals surface area contributed by atoms with Gasteiger partial charge in [0.05, 0.1) is 0 Å². The molecule has 0 heterocycles. The van der Waals surface area contributed by atoms with Crippen LogP contribution in [0.1, 0.15) is 45.1 Å². The topological polar surface area (TPSA) is 15.3 Å². The van der Waals surface area contributed by atoms with E-state index in [0.29, 0.717) is 6.04 Å². The van der Waals surface area contributed by atoms with Crippen molar-refractivity contribution in [2.75, 3.05) is 11.4 Å². The van der Waals surface area contributed by atoms with Gasteiger partial charge in [0, 0.05) is 41.4 Å². The number of nitrogens with zero attached hydrogens (tertiary/aromatic N) is 1. The summed E-state index contributed by atoms with van der Waals surface area (Å²) in [5.74, 6) is 0.917. The fourth-order valence-corrected chi connectivity index (χ4v) is 2.94. The summed E-state index contributed by atoms with van der Waals surface area (Å²) in [7, 11) is 0. The molecule has 0 atom stereocenters. The van der Waals surface area contributed by atoms with Crippen LogP contribution in [-0.2, 0) is 6.54 Å². The molecule has 110 valence electrons. The van der Waals surface area contributed by atoms with Gasteiger partial charge in [0.1, 0.15) is 0 Å². The maximum absolute atomic E-state index is 6.47. The Morgan fingerprint density at radius 3 is 2.60 bits per heavy atom. The van der Waals surface area contributed by atoms with Gasteiger partial charge in [-0.2, -0.15) is 0 Å². The van der Waals surface area contributed by atoms with Gasteiger partial charge in [-0.05, 0) is 43.7 Å². The van der Waals surface area contributed by atoms with E-state index in [1.165, 1.54) is 43.5 Å². The average Bonchev–Trinajstić information content (AvgIpc) is 3.26. The summed E-state index contributed by atoms with van der Waals surface area (Å²) in [4.78, 5) is 2.63. The van der Waals surface area contributed by atoms with Crippen LogP contribution >= 0.6 is 11.6 Å². The van der Waals surface area contributed by atoms with Crippen molar-refractivity contribution in [2.45, 2.75) is 58.2 Å². The molecule has 0 radical (unpaired) electrons. The van der Waals surface area contributed by atoms with Crippen molar-refractivity contribution in [3.05, 3.63) is 28.8 Å². The van der Waals surface area contributed by atoms with E-state index in [0.717, 1.165) is 23.5 Å². The van der Waals surface area contributed by atoms with Crippen molar-refractivity contribution in [3.8, 4) is 0 Å². The first-order valence-electron chi connectivity index (χ1n) is 7.92. The highest BCUT2D eigenvalue weighted by Crippen LogP contribution is 2.40. The second-order valence-electron chi connectivity index (χ2n) is 6.60. The number of hydrogen-bond donors (Lipinski definition) is 1. The third-order valence-corrected chi connectivity index (χ3v) is 4.58. The van der Waals surface area contributed by atoms with Crippen LogP contribution in [0, 0.1) is 5.92 Å². The number of benzene rings is 1. The standard InChI is InChI=1S/C17H25ClN2/c1-12(2)19-10-15-16(18)4-3-5-17(15)20(14-8-9-14)11-13-6-7-13/h3-5,12-14,19H,6-11H2,1-2H3. The Hall–Kier alpha value is -0.730. The Balaban J connectivity index is 1.83. The zero-order valence-electron chi connectivity index (χ0n) is 12.5. The van der Waals surface area contributed by atoms with Crippen molar-refractivity contribution in [2.24, 2.45) is 5.92 Å². The Labute approximate surface area is 127 Å². The highest BCUT2D eigenvalue weighted by molar-refractivity contribution is 6.31. The molecule has 3 heteroatoms. The molecule has 3 rings (SSSR count). The van der Waals surface area contributed by atoms with Gasteiger partial charge >= 0.3 is 0 Å². The number of halogens is 1. The summed E-state index contributed by atoms with van der Waals surface area (Å²) < 4.78 is 0. The largest absolute Gasteiger partial charge is 0.368 e. The van der Waals surface area contributed by atoms with Crippen LogP contribution in [0.3, 0.4) is 0 Å². The molecule has 0 spiro atoms. The van der Waals surface area contributed by atoms with E-state index < -0.39 is 0 Å². The van der Waals surface area contributed by atoms with Crippen LogP contribution in [0.4, 0.5) is 5.69 Å². The van der Waals surface area contributed by atoms with Gasteiger partial charge in [-0.3, -0.25) is 0 Å². The lowest BCUT2D eigenvalue weighted by atomic mass is 10.1. The quantitative estimate of drug-likeness (QED) is 0.809. The number of rotatable bonds is 7. The van der Waals surface area contributed by atoms with Crippen LogP contribution in [0.25, 0.3) is 0 Å². The van der Waals surface area contributed by atoms with Gasteiger partial charge in [0.15, 0.2) is 0 Å². The Kier molecular flexibility index (Phi) is 4.23. The van der Waals surface area contributed by atoms with Crippen LogP contribution in [0.5, 0.6) is 0 Å². The van der Waals surface area contributed by atoms with Crippen LogP contribution in [-0.4, -0.2) is 18.6 Å². The van der Waals surface area contributed by atoms with Gasteiger partial charge in [-0.25, -0.2) is 0 Å². The predicted molar refractivity (Wildman–Crippen MR) is 86.5 cm³/mol. The third kappa shape index (κ3) is 3.48. The molecule has 0 bridgehead atoms. The van der Waals surface area contributed by atoms with E-state index in [2.05, 4.69) is 36.2 Å². The summed E-state index contributed by atoms with van der Waals surface area (Å²) in [5, 5.41) is 4.42. The summed E-state index contributed by atoms with van der Waals surface area (Å²) in [6, 6.07) is 7.61. The lowest BCUT2D eigenvalue weighted by Gasteiger charge is -2.28. The SMILES string of the molecule is CC(C)NCc1c(Cl)cccc1N(CC1CC1)C1CC1. The monoisotopic (exact) mass is 292 g/mol. The molecule has 0 aromatic heterocycles. The van der Waals surface area contributed by atoms with Crippen molar-refractivity contribution in [3.63, 3.8) is 0 Å². The Morgan fingerprint density at radius 2 is 2.00 bits per heavy atom. The molecule has 1 aromatic carbocycles. The minimum atomic E-state index is 0.483. The van der Waals surface area contributed by atoms with E-state index in [1.807, 2.05) is 6.07 Å². The molecule has 2 aliphatic carbocycles. The first-order valence-corrected chi connectivity index (χ1v) is 8.30. The lowest BCUT2D eigenvalue weighted by Crippen LogP contribution is -2.30. The molecule has 0 unspecified atom stereocenters. The van der Waals surface area contributed by atoms with E-state index >= 15 is 0 Å². The maximum atomic E-state index is 6.47. The highest BCUT2D eigenvalue weighted by Gasteiger charge is 2.34. The zero-order valence-corrected chi connectivity index (χ0v) is 13.3. The molecule has 2 aliphatic rings. The molecule has 2 fully saturated rings. The minimum absolute atomic E-state index is 0.483. The highest BCUT2D eigenvalue weighted by atomic mass is 35.5. The third-order valence-electron chi connectivity index (χ3n) is 4.23. The lowest BCUT2D eigenvalue weighted by molar-refractivity contribution is 0.586. The van der Waals surface area contributed by atoms with Crippen molar-refractivity contribution in [1.29, 1.82) is 0 Å². The van der Waals surface area contributed by atoms with Crippen LogP contribution < -0.4 is 10.2 Å². The number of hydrogen-bond acceptors (Lipinski definition) is 2. The van der Waals surface area contributed by atoms with Gasteiger partial charge in [0.2, 0.25) is 0 Å². The summed E-state index contributed by atoms with van der Waals surface area (Å²) in [6.07, 6.45) is 5.50. The number of nitrogens with one attached hydrogen (secondary N) is 1. The average molecular weight is 293 g/mol. The van der Waals surface area contributed by atoms with Gasteiger partial charge in [-0.1, -0.05) is 31.5 Å². The van der Waals surface area contributed by atoms with Gasteiger partial charge in [0.25, 0.3) is 0 Å².